The van der Waals surface area contributed by atoms with Gasteiger partial charge in [0.25, 0.3) is 0 Å². The fourth-order valence-corrected chi connectivity index (χ4v) is 4.07. The number of rotatable bonds is 29. The van der Waals surface area contributed by atoms with Gasteiger partial charge in [-0.2, -0.15) is 0 Å². The number of nitrogens with one attached hydrogen (secondary N) is 10. The Morgan fingerprint density at radius 1 is 0.517 bits per heavy atom. The van der Waals surface area contributed by atoms with Crippen molar-refractivity contribution >= 4 is 71.0 Å². The summed E-state index contributed by atoms with van der Waals surface area (Å²) in [5.41, 5.74) is 21.5. The first kappa shape index (κ1) is 51.4. The summed E-state index contributed by atoms with van der Waals surface area (Å²) < 4.78 is 0. The zero-order valence-corrected chi connectivity index (χ0v) is 32.0. The number of carboxylic acids is 1. The maximum atomic E-state index is 12.3. The van der Waals surface area contributed by atoms with Crippen molar-refractivity contribution in [3.8, 4) is 0 Å². The quantitative estimate of drug-likeness (QED) is 0.0189. The maximum absolute atomic E-state index is 12.3. The third-order valence-corrected chi connectivity index (χ3v) is 7.18. The molecule has 0 aromatic rings. The van der Waals surface area contributed by atoms with Crippen LogP contribution < -0.4 is 76.1 Å². The molecule has 0 rings (SSSR count). The Kier molecular flexibility index (Phi) is 26.2. The highest BCUT2D eigenvalue weighted by Crippen LogP contribution is 2.00. The van der Waals surface area contributed by atoms with Crippen molar-refractivity contribution in [1.82, 2.24) is 53.2 Å². The van der Waals surface area contributed by atoms with E-state index in [9.17, 15) is 57.8 Å². The molecule has 0 aromatic heterocycles. The van der Waals surface area contributed by atoms with E-state index in [1.54, 1.807) is 0 Å². The van der Waals surface area contributed by atoms with Crippen molar-refractivity contribution < 1.29 is 57.8 Å². The van der Waals surface area contributed by atoms with E-state index in [1.165, 1.54) is 6.92 Å². The molecule has 0 spiro atoms. The number of nitrogens with zero attached hydrogens (tertiary/aromatic N) is 1. The summed E-state index contributed by atoms with van der Waals surface area (Å²) in [7, 11) is 0. The fraction of sp³-hybridized carbons (Fsp3) is 0.613. The number of aliphatic carboxylic acids is 1. The van der Waals surface area contributed by atoms with Crippen molar-refractivity contribution in [3.63, 3.8) is 0 Å². The number of nitrogens with two attached hydrogens (primary N) is 4. The summed E-state index contributed by atoms with van der Waals surface area (Å²) in [5.74, 6) is -8.85. The molecule has 0 unspecified atom stereocenters. The topological polar surface area (TPSA) is 445 Å². The molecule has 0 bridgehead atoms. The summed E-state index contributed by atoms with van der Waals surface area (Å²) in [5, 5.41) is 31.5. The number of aliphatic imine (C=N–C) groups is 1. The highest BCUT2D eigenvalue weighted by Gasteiger charge is 2.21. The Balaban J connectivity index is 4.20. The highest BCUT2D eigenvalue weighted by molar-refractivity contribution is 5.94. The molecule has 27 heteroatoms. The van der Waals surface area contributed by atoms with Gasteiger partial charge in [-0.1, -0.05) is 0 Å². The minimum absolute atomic E-state index is 0.0928. The highest BCUT2D eigenvalue weighted by atomic mass is 16.4. The Labute approximate surface area is 332 Å². The van der Waals surface area contributed by atoms with Gasteiger partial charge in [-0.25, -0.2) is 4.79 Å². The molecule has 27 nitrogen and oxygen atoms in total. The number of hydrogen-bond acceptors (Lipinski definition) is 14. The lowest BCUT2D eigenvalue weighted by atomic mass is 10.1. The average Bonchev–Trinajstić information content (AvgIpc) is 3.17. The Morgan fingerprint density at radius 3 is 1.29 bits per heavy atom. The van der Waals surface area contributed by atoms with Gasteiger partial charge in [0.05, 0.1) is 58.4 Å². The van der Waals surface area contributed by atoms with Crippen LogP contribution in [0, 0.1) is 0 Å². The monoisotopic (exact) mass is 829 g/mol. The van der Waals surface area contributed by atoms with Crippen molar-refractivity contribution in [1.29, 1.82) is 0 Å². The van der Waals surface area contributed by atoms with Crippen LogP contribution in [-0.4, -0.2) is 160 Å². The number of hydrogen-bond donors (Lipinski definition) is 15. The van der Waals surface area contributed by atoms with Gasteiger partial charge in [0.2, 0.25) is 59.1 Å². The molecule has 0 aliphatic heterocycles. The van der Waals surface area contributed by atoms with Gasteiger partial charge in [0.15, 0.2) is 5.96 Å². The molecule has 3 atom stereocenters. The van der Waals surface area contributed by atoms with Crippen LogP contribution >= 0.6 is 0 Å². The lowest BCUT2D eigenvalue weighted by Gasteiger charge is -2.15. The number of amides is 10. The van der Waals surface area contributed by atoms with Crippen LogP contribution in [0.25, 0.3) is 0 Å². The third-order valence-electron chi connectivity index (χ3n) is 7.18. The molecule has 0 aliphatic rings. The van der Waals surface area contributed by atoms with E-state index < -0.39 is 136 Å². The molecule has 0 aromatic carbocycles. The average molecular weight is 830 g/mol. The minimum Gasteiger partial charge on any atom is -0.480 e. The van der Waals surface area contributed by atoms with E-state index in [2.05, 4.69) is 58.2 Å². The first-order valence-corrected chi connectivity index (χ1v) is 17.8. The van der Waals surface area contributed by atoms with E-state index in [1.807, 2.05) is 0 Å². The molecule has 0 radical (unpaired) electrons. The third kappa shape index (κ3) is 27.0. The number of carbonyl (C=O) groups is 11. The predicted octanol–water partition coefficient (Wildman–Crippen LogP) is -9.50. The second-order valence-corrected chi connectivity index (χ2v) is 12.2. The van der Waals surface area contributed by atoms with Crippen LogP contribution in [0.5, 0.6) is 0 Å². The summed E-state index contributed by atoms with van der Waals surface area (Å²) in [6.45, 7) is -2.46. The molecular formula is C31H55N15O12. The summed E-state index contributed by atoms with van der Waals surface area (Å²) in [6.07, 6.45) is 1.90. The van der Waals surface area contributed by atoms with E-state index in [-0.39, 0.29) is 25.3 Å². The van der Waals surface area contributed by atoms with Crippen molar-refractivity contribution in [2.24, 2.45) is 27.9 Å². The molecular weight excluding hydrogens is 774 g/mol. The minimum atomic E-state index is -1.24. The van der Waals surface area contributed by atoms with Crippen LogP contribution in [0.15, 0.2) is 4.99 Å². The lowest BCUT2D eigenvalue weighted by molar-refractivity contribution is -0.142. The molecule has 0 saturated heterocycles. The lowest BCUT2D eigenvalue weighted by Crippen LogP contribution is -2.51. The van der Waals surface area contributed by atoms with Crippen LogP contribution in [0.1, 0.15) is 39.0 Å². The Morgan fingerprint density at radius 2 is 0.897 bits per heavy atom. The van der Waals surface area contributed by atoms with E-state index >= 15 is 0 Å². The first-order chi connectivity index (χ1) is 27.3. The molecule has 0 heterocycles. The molecule has 0 saturated carbocycles. The first-order valence-electron chi connectivity index (χ1n) is 17.8. The molecule has 0 fully saturated rings. The second-order valence-electron chi connectivity index (χ2n) is 12.2. The van der Waals surface area contributed by atoms with Gasteiger partial charge >= 0.3 is 5.97 Å². The molecule has 58 heavy (non-hydrogen) atoms. The van der Waals surface area contributed by atoms with Crippen LogP contribution in [0.4, 0.5) is 0 Å². The number of carbonyl (C=O) groups excluding carboxylic acids is 10. The molecule has 326 valence electrons. The number of carboxylic acid groups (broad SMARTS) is 1. The largest absolute Gasteiger partial charge is 0.480 e. The summed E-state index contributed by atoms with van der Waals surface area (Å²) >= 11 is 0. The SMILES string of the molecule is C[C@H](NC(=O)CNC(=O)CNC(=O)CNC(=O)CNC(=O)[C@@H](N)CCCN=C(N)N)C(=O)NCC(=O)NCC(=O)NCC(=O)NCC(=O)N[C@@H](CCCCN)C(=O)O. The zero-order valence-electron chi connectivity index (χ0n) is 32.0. The molecule has 10 amide bonds. The van der Waals surface area contributed by atoms with Gasteiger partial charge in [0.1, 0.15) is 12.1 Å². The number of guanidine groups is 1. The molecule has 0 aliphatic carbocycles. The van der Waals surface area contributed by atoms with Gasteiger partial charge < -0.3 is 81.2 Å². The van der Waals surface area contributed by atoms with Gasteiger partial charge in [-0.15, -0.1) is 0 Å². The van der Waals surface area contributed by atoms with Crippen LogP contribution in [0.3, 0.4) is 0 Å². The van der Waals surface area contributed by atoms with Crippen LogP contribution in [-0.2, 0) is 52.7 Å². The van der Waals surface area contributed by atoms with Crippen molar-refractivity contribution in [3.05, 3.63) is 0 Å². The van der Waals surface area contributed by atoms with Gasteiger partial charge in [-0.05, 0) is 45.6 Å². The smallest absolute Gasteiger partial charge is 0.326 e. The molecule has 19 N–H and O–H groups in total. The summed E-state index contributed by atoms with van der Waals surface area (Å²) in [6, 6.07) is -3.22. The maximum Gasteiger partial charge on any atom is 0.326 e. The number of unbranched alkanes of at least 4 members (excludes halogenated alkanes) is 1. The second kappa shape index (κ2) is 29.6. The standard InChI is InChI=1S/C31H55N15O12/c1-17(28(55)43-13-24(51)39-9-20(47)38-12-23(50)42-16-27(54)46-19(30(57)58)6-2-3-7-32)45-26(53)15-41-22(49)11-37-21(48)10-40-25(52)14-44-29(56)18(33)5-4-8-36-31(34)35/h17-19H,2-16,32-33H2,1H3,(H,37,48)(H,38,47)(H,39,51)(H,40,52)(H,41,49)(H,42,50)(H,43,55)(H,44,56)(H,45,53)(H,46,54)(H,57,58)(H4,34,35,36)/t17-,18-,19-/m0/s1. The van der Waals surface area contributed by atoms with Crippen molar-refractivity contribution in [2.75, 3.05) is 65.4 Å². The van der Waals surface area contributed by atoms with E-state index in [0.717, 1.165) is 0 Å². The normalized spacial score (nSPS) is 11.8. The Hall–Kier alpha value is -6.64. The fourth-order valence-electron chi connectivity index (χ4n) is 4.07. The van der Waals surface area contributed by atoms with Crippen molar-refractivity contribution in [2.45, 2.75) is 57.2 Å². The van der Waals surface area contributed by atoms with Gasteiger partial charge in [0, 0.05) is 6.54 Å². The Bertz CT molecular complexity index is 1490. The van der Waals surface area contributed by atoms with Crippen LogP contribution in [0.2, 0.25) is 0 Å². The van der Waals surface area contributed by atoms with Gasteiger partial charge in [-0.3, -0.25) is 52.9 Å². The predicted molar refractivity (Wildman–Crippen MR) is 202 cm³/mol. The van der Waals surface area contributed by atoms with E-state index in [0.29, 0.717) is 25.8 Å². The van der Waals surface area contributed by atoms with E-state index in [4.69, 9.17) is 22.9 Å². The zero-order chi connectivity index (χ0) is 44.0. The summed E-state index contributed by atoms with van der Waals surface area (Å²) in [4.78, 5) is 135.